The lowest BCUT2D eigenvalue weighted by Gasteiger charge is -2.09. The first kappa shape index (κ1) is 21.0. The standard InChI is InChI=1S/C24H21N3O5/c1-15-7-8-17(27(29)30)12-20(15)23-10-9-18(32-23)14-26-22(24(28)31-2)11-16-13-25-21-6-4-3-5-19(16)21/h3-10,12-14,22,25H,11H2,1-2H3/t22-/m1/s1. The molecule has 2 aromatic heterocycles. The number of methoxy groups -OCH3 is 1. The molecule has 0 bridgehead atoms. The number of H-pyrrole nitrogens is 1. The Labute approximate surface area is 183 Å². The number of aromatic nitrogens is 1. The van der Waals surface area contributed by atoms with Gasteiger partial charge in [-0.15, -0.1) is 0 Å². The summed E-state index contributed by atoms with van der Waals surface area (Å²) < 4.78 is 10.8. The monoisotopic (exact) mass is 431 g/mol. The highest BCUT2D eigenvalue weighted by Gasteiger charge is 2.20. The Morgan fingerprint density at radius 3 is 2.84 bits per heavy atom. The van der Waals surface area contributed by atoms with Gasteiger partial charge < -0.3 is 14.1 Å². The predicted octanol–water partition coefficient (Wildman–Crippen LogP) is 4.85. The van der Waals surface area contributed by atoms with Gasteiger partial charge in [0.05, 0.1) is 18.2 Å². The number of aromatic amines is 1. The predicted molar refractivity (Wildman–Crippen MR) is 121 cm³/mol. The molecule has 1 atom stereocenters. The van der Waals surface area contributed by atoms with Crippen molar-refractivity contribution in [2.24, 2.45) is 4.99 Å². The number of esters is 1. The molecule has 32 heavy (non-hydrogen) atoms. The molecule has 2 heterocycles. The smallest absolute Gasteiger partial charge is 0.330 e. The number of fused-ring (bicyclic) bond motifs is 1. The van der Waals surface area contributed by atoms with Crippen molar-refractivity contribution in [2.75, 3.05) is 7.11 Å². The van der Waals surface area contributed by atoms with Crippen molar-refractivity contribution in [3.8, 4) is 11.3 Å². The number of nitro groups is 1. The summed E-state index contributed by atoms with van der Waals surface area (Å²) in [6.07, 6.45) is 3.71. The first-order valence-electron chi connectivity index (χ1n) is 9.97. The fourth-order valence-corrected chi connectivity index (χ4v) is 3.56. The number of nitrogens with one attached hydrogen (secondary N) is 1. The summed E-state index contributed by atoms with van der Waals surface area (Å²) in [5.74, 6) is 0.463. The number of hydrogen-bond donors (Lipinski definition) is 1. The van der Waals surface area contributed by atoms with Gasteiger partial charge >= 0.3 is 5.97 Å². The fraction of sp³-hybridized carbons (Fsp3) is 0.167. The van der Waals surface area contributed by atoms with Crippen LogP contribution in [0.15, 0.2) is 70.2 Å². The van der Waals surface area contributed by atoms with Crippen LogP contribution in [0.4, 0.5) is 5.69 Å². The van der Waals surface area contributed by atoms with E-state index in [1.807, 2.05) is 37.4 Å². The number of ether oxygens (including phenoxy) is 1. The SMILES string of the molecule is COC(=O)[C@@H](Cc1c[nH]c2ccccc12)N=Cc1ccc(-c2cc([N+](=O)[O-])ccc2C)o1. The van der Waals surface area contributed by atoms with E-state index in [0.717, 1.165) is 22.0 Å². The number of furan rings is 1. The van der Waals surface area contributed by atoms with E-state index < -0.39 is 16.9 Å². The second-order valence-electron chi connectivity index (χ2n) is 7.34. The highest BCUT2D eigenvalue weighted by molar-refractivity contribution is 5.86. The van der Waals surface area contributed by atoms with Gasteiger partial charge in [0, 0.05) is 41.2 Å². The number of carbonyl (C=O) groups excluding carboxylic acids is 1. The first-order valence-corrected chi connectivity index (χ1v) is 9.97. The molecule has 0 saturated carbocycles. The van der Waals surface area contributed by atoms with Crippen molar-refractivity contribution in [1.29, 1.82) is 0 Å². The lowest BCUT2D eigenvalue weighted by Crippen LogP contribution is -2.23. The van der Waals surface area contributed by atoms with Gasteiger partial charge in [0.15, 0.2) is 6.04 Å². The maximum atomic E-state index is 12.3. The maximum Gasteiger partial charge on any atom is 0.330 e. The van der Waals surface area contributed by atoms with E-state index in [4.69, 9.17) is 9.15 Å². The molecule has 0 spiro atoms. The number of aliphatic imine (C=N–C) groups is 1. The van der Waals surface area contributed by atoms with E-state index in [-0.39, 0.29) is 5.69 Å². The third kappa shape index (κ3) is 4.29. The summed E-state index contributed by atoms with van der Waals surface area (Å²) in [5.41, 5.74) is 3.41. The van der Waals surface area contributed by atoms with Gasteiger partial charge in [-0.1, -0.05) is 24.3 Å². The van der Waals surface area contributed by atoms with Crippen LogP contribution in [0.3, 0.4) is 0 Å². The molecule has 0 aliphatic heterocycles. The summed E-state index contributed by atoms with van der Waals surface area (Å²) in [6.45, 7) is 1.85. The van der Waals surface area contributed by atoms with Crippen LogP contribution < -0.4 is 0 Å². The van der Waals surface area contributed by atoms with Crippen molar-refractivity contribution in [1.82, 2.24) is 4.98 Å². The summed E-state index contributed by atoms with van der Waals surface area (Å²) in [7, 11) is 1.33. The number of benzene rings is 2. The summed E-state index contributed by atoms with van der Waals surface area (Å²) in [5, 5.41) is 12.1. The lowest BCUT2D eigenvalue weighted by atomic mass is 10.1. The molecule has 0 amide bonds. The summed E-state index contributed by atoms with van der Waals surface area (Å²) in [6, 6.07) is 15.1. The normalized spacial score (nSPS) is 12.3. The Kier molecular flexibility index (Phi) is 5.85. The maximum absolute atomic E-state index is 12.3. The third-order valence-corrected chi connectivity index (χ3v) is 5.27. The van der Waals surface area contributed by atoms with Gasteiger partial charge in [0.2, 0.25) is 0 Å². The molecule has 162 valence electrons. The number of para-hydroxylation sites is 1. The summed E-state index contributed by atoms with van der Waals surface area (Å²) in [4.78, 5) is 30.6. The number of nitro benzene ring substituents is 1. The molecule has 0 saturated heterocycles. The van der Waals surface area contributed by atoms with Gasteiger partial charge in [0.1, 0.15) is 11.5 Å². The molecule has 4 aromatic rings. The van der Waals surface area contributed by atoms with Crippen molar-refractivity contribution in [2.45, 2.75) is 19.4 Å². The van der Waals surface area contributed by atoms with Crippen molar-refractivity contribution >= 4 is 28.8 Å². The van der Waals surface area contributed by atoms with Crippen molar-refractivity contribution in [3.05, 3.63) is 87.8 Å². The number of carbonyl (C=O) groups is 1. The van der Waals surface area contributed by atoms with Gasteiger partial charge in [-0.3, -0.25) is 15.1 Å². The van der Waals surface area contributed by atoms with E-state index in [9.17, 15) is 14.9 Å². The number of nitrogens with zero attached hydrogens (tertiary/aromatic N) is 2. The Balaban J connectivity index is 1.58. The Morgan fingerprint density at radius 1 is 1.25 bits per heavy atom. The van der Waals surface area contributed by atoms with Gasteiger partial charge in [-0.2, -0.15) is 0 Å². The molecular weight excluding hydrogens is 410 g/mol. The molecule has 4 rings (SSSR count). The number of hydrogen-bond acceptors (Lipinski definition) is 6. The molecule has 8 nitrogen and oxygen atoms in total. The van der Waals surface area contributed by atoms with Gasteiger partial charge in [-0.25, -0.2) is 4.79 Å². The zero-order valence-corrected chi connectivity index (χ0v) is 17.6. The van der Waals surface area contributed by atoms with Crippen LogP contribution in [0.2, 0.25) is 0 Å². The zero-order valence-electron chi connectivity index (χ0n) is 17.6. The fourth-order valence-electron chi connectivity index (χ4n) is 3.56. The van der Waals surface area contributed by atoms with E-state index in [2.05, 4.69) is 9.98 Å². The van der Waals surface area contributed by atoms with E-state index in [1.54, 1.807) is 18.2 Å². The van der Waals surface area contributed by atoms with Crippen LogP contribution in [-0.4, -0.2) is 35.2 Å². The second kappa shape index (κ2) is 8.89. The molecular formula is C24H21N3O5. The first-order chi connectivity index (χ1) is 15.5. The van der Waals surface area contributed by atoms with E-state index >= 15 is 0 Å². The topological polar surface area (TPSA) is 111 Å². The highest BCUT2D eigenvalue weighted by Crippen LogP contribution is 2.29. The molecule has 0 fully saturated rings. The molecule has 0 unspecified atom stereocenters. The van der Waals surface area contributed by atoms with Crippen LogP contribution in [0.5, 0.6) is 0 Å². The molecule has 8 heteroatoms. The van der Waals surface area contributed by atoms with E-state index in [0.29, 0.717) is 23.5 Å². The van der Waals surface area contributed by atoms with Crippen molar-refractivity contribution in [3.63, 3.8) is 0 Å². The van der Waals surface area contributed by atoms with Gasteiger partial charge in [-0.05, 0) is 36.2 Å². The Morgan fingerprint density at radius 2 is 2.06 bits per heavy atom. The van der Waals surface area contributed by atoms with Crippen LogP contribution >= 0.6 is 0 Å². The second-order valence-corrected chi connectivity index (χ2v) is 7.34. The molecule has 0 aliphatic carbocycles. The summed E-state index contributed by atoms with van der Waals surface area (Å²) >= 11 is 0. The Hall–Kier alpha value is -4.20. The number of rotatable bonds is 7. The quantitative estimate of drug-likeness (QED) is 0.195. The molecule has 0 aliphatic rings. The minimum absolute atomic E-state index is 0.0123. The third-order valence-electron chi connectivity index (χ3n) is 5.27. The molecule has 2 aromatic carbocycles. The molecule has 0 radical (unpaired) electrons. The lowest BCUT2D eigenvalue weighted by molar-refractivity contribution is -0.384. The minimum Gasteiger partial charge on any atom is -0.467 e. The van der Waals surface area contributed by atoms with Crippen LogP contribution in [0, 0.1) is 17.0 Å². The average molecular weight is 431 g/mol. The highest BCUT2D eigenvalue weighted by atomic mass is 16.6. The Bertz CT molecular complexity index is 1320. The van der Waals surface area contributed by atoms with Crippen LogP contribution in [0.1, 0.15) is 16.9 Å². The van der Waals surface area contributed by atoms with Gasteiger partial charge in [0.25, 0.3) is 5.69 Å². The zero-order chi connectivity index (χ0) is 22.7. The van der Waals surface area contributed by atoms with Crippen LogP contribution in [-0.2, 0) is 16.0 Å². The van der Waals surface area contributed by atoms with Crippen LogP contribution in [0.25, 0.3) is 22.2 Å². The molecule has 1 N–H and O–H groups in total. The largest absolute Gasteiger partial charge is 0.467 e. The average Bonchev–Trinajstić information content (AvgIpc) is 3.43. The number of non-ortho nitro benzene ring substituents is 1. The number of aryl methyl sites for hydroxylation is 1. The van der Waals surface area contributed by atoms with E-state index in [1.165, 1.54) is 25.5 Å². The minimum atomic E-state index is -0.743. The van der Waals surface area contributed by atoms with Crippen molar-refractivity contribution < 1.29 is 18.9 Å².